The van der Waals surface area contributed by atoms with Gasteiger partial charge >= 0.3 is 0 Å². The largest absolute Gasteiger partial charge is 0.306 e. The Morgan fingerprint density at radius 3 is 2.70 bits per heavy atom. The van der Waals surface area contributed by atoms with Crippen molar-refractivity contribution in [3.05, 3.63) is 64.0 Å². The van der Waals surface area contributed by atoms with Crippen LogP contribution in [0.4, 0.5) is 10.2 Å². The lowest BCUT2D eigenvalue weighted by Crippen LogP contribution is -2.09. The number of aromatic nitrogens is 1. The number of nitrogens with zero attached hydrogens (tertiary/aromatic N) is 1. The number of hydrogen-bond donors (Lipinski definition) is 1. The Kier molecular flexibility index (Phi) is 4.63. The monoisotopic (exact) mass is 334 g/mol. The molecule has 0 aliphatic heterocycles. The Morgan fingerprint density at radius 1 is 1.35 bits per heavy atom. The fourth-order valence-corrected chi connectivity index (χ4v) is 1.93. The van der Waals surface area contributed by atoms with Crippen LogP contribution in [0.25, 0.3) is 6.08 Å². The van der Waals surface area contributed by atoms with Gasteiger partial charge in [-0.1, -0.05) is 29.8 Å². The molecule has 0 unspecified atom stereocenters. The lowest BCUT2D eigenvalue weighted by Gasteiger charge is -2.03. The predicted molar refractivity (Wildman–Crippen MR) is 80.7 cm³/mol. The van der Waals surface area contributed by atoms with Crippen molar-refractivity contribution in [2.75, 3.05) is 5.32 Å². The summed E-state index contributed by atoms with van der Waals surface area (Å²) in [6.07, 6.45) is 4.15. The number of nitrogens with one attached hydrogen (secondary N) is 1. The van der Waals surface area contributed by atoms with Gasteiger partial charge < -0.3 is 5.32 Å². The highest BCUT2D eigenvalue weighted by molar-refractivity contribution is 9.10. The first-order valence-electron chi connectivity index (χ1n) is 5.91. The van der Waals surface area contributed by atoms with Gasteiger partial charge in [-0.2, -0.15) is 0 Å². The van der Waals surface area contributed by atoms with Gasteiger partial charge in [0.15, 0.2) is 0 Å². The highest BCUT2D eigenvalue weighted by Gasteiger charge is 2.05. The third-order valence-electron chi connectivity index (χ3n) is 2.55. The van der Waals surface area contributed by atoms with Crippen molar-refractivity contribution >= 4 is 33.7 Å². The van der Waals surface area contributed by atoms with Crippen LogP contribution in [0.2, 0.25) is 0 Å². The number of hydrogen-bond acceptors (Lipinski definition) is 2. The molecule has 0 radical (unpaired) electrons. The average molecular weight is 335 g/mol. The number of pyridine rings is 1. The molecule has 0 saturated heterocycles. The van der Waals surface area contributed by atoms with Gasteiger partial charge in [-0.05, 0) is 40.6 Å². The Bertz CT molecular complexity index is 653. The van der Waals surface area contributed by atoms with Crippen LogP contribution in [0.5, 0.6) is 0 Å². The molecular weight excluding hydrogens is 323 g/mol. The van der Waals surface area contributed by atoms with Crippen molar-refractivity contribution in [3.8, 4) is 0 Å². The predicted octanol–water partition coefficient (Wildman–Crippen LogP) is 3.94. The summed E-state index contributed by atoms with van der Waals surface area (Å²) < 4.78 is 13.3. The number of carbonyl (C=O) groups is 1. The third kappa shape index (κ3) is 3.99. The molecule has 0 aliphatic carbocycles. The first-order valence-corrected chi connectivity index (χ1v) is 6.70. The van der Waals surface area contributed by atoms with Gasteiger partial charge in [0.05, 0.1) is 10.7 Å². The normalized spacial score (nSPS) is 10.8. The Hall–Kier alpha value is -2.01. The molecule has 0 aliphatic rings. The van der Waals surface area contributed by atoms with Gasteiger partial charge in [-0.25, -0.2) is 9.37 Å². The van der Waals surface area contributed by atoms with E-state index in [0.29, 0.717) is 4.47 Å². The molecule has 0 spiro atoms. The van der Waals surface area contributed by atoms with Gasteiger partial charge in [0.2, 0.25) is 5.91 Å². The fourth-order valence-electron chi connectivity index (χ4n) is 1.51. The van der Waals surface area contributed by atoms with Crippen LogP contribution in [0.3, 0.4) is 0 Å². The van der Waals surface area contributed by atoms with E-state index in [2.05, 4.69) is 26.2 Å². The van der Waals surface area contributed by atoms with Crippen LogP contribution < -0.4 is 5.32 Å². The van der Waals surface area contributed by atoms with Gasteiger partial charge in [0, 0.05) is 6.08 Å². The second-order valence-electron chi connectivity index (χ2n) is 4.22. The van der Waals surface area contributed by atoms with E-state index in [0.717, 1.165) is 17.3 Å². The zero-order valence-corrected chi connectivity index (χ0v) is 12.3. The molecule has 1 aromatic carbocycles. The molecule has 1 aromatic heterocycles. The maximum atomic E-state index is 12.9. The van der Waals surface area contributed by atoms with E-state index in [1.165, 1.54) is 12.1 Å². The summed E-state index contributed by atoms with van der Waals surface area (Å²) in [4.78, 5) is 15.5. The molecule has 20 heavy (non-hydrogen) atoms. The molecule has 0 atom stereocenters. The summed E-state index contributed by atoms with van der Waals surface area (Å²) in [5, 5.41) is 2.57. The number of rotatable bonds is 3. The number of anilines is 1. The standard InChI is InChI=1S/C15H12BrFN2O/c1-10-2-4-11(5-3-10)6-7-14(20)19-15-13(16)8-12(17)9-18-15/h2-9H,1H3,(H,18,19,20)/b7-6+. The van der Waals surface area contributed by atoms with Crippen LogP contribution in [-0.2, 0) is 4.79 Å². The molecule has 5 heteroatoms. The quantitative estimate of drug-likeness (QED) is 0.863. The molecular formula is C15H12BrFN2O. The fraction of sp³-hybridized carbons (Fsp3) is 0.0667. The Labute approximate surface area is 124 Å². The highest BCUT2D eigenvalue weighted by atomic mass is 79.9. The van der Waals surface area contributed by atoms with Crippen LogP contribution in [0, 0.1) is 12.7 Å². The molecule has 102 valence electrons. The highest BCUT2D eigenvalue weighted by Crippen LogP contribution is 2.20. The summed E-state index contributed by atoms with van der Waals surface area (Å²) >= 11 is 3.14. The number of benzene rings is 1. The summed E-state index contributed by atoms with van der Waals surface area (Å²) in [5.41, 5.74) is 2.09. The second kappa shape index (κ2) is 6.43. The zero-order valence-electron chi connectivity index (χ0n) is 10.7. The number of halogens is 2. The van der Waals surface area contributed by atoms with E-state index >= 15 is 0 Å². The third-order valence-corrected chi connectivity index (χ3v) is 3.16. The van der Waals surface area contributed by atoms with E-state index in [4.69, 9.17) is 0 Å². The van der Waals surface area contributed by atoms with Crippen molar-refractivity contribution in [1.29, 1.82) is 0 Å². The number of amides is 1. The smallest absolute Gasteiger partial charge is 0.249 e. The van der Waals surface area contributed by atoms with E-state index < -0.39 is 5.82 Å². The topological polar surface area (TPSA) is 42.0 Å². The lowest BCUT2D eigenvalue weighted by atomic mass is 10.1. The van der Waals surface area contributed by atoms with E-state index in [9.17, 15) is 9.18 Å². The van der Waals surface area contributed by atoms with E-state index in [1.54, 1.807) is 6.08 Å². The first-order chi connectivity index (χ1) is 9.54. The van der Waals surface area contributed by atoms with Crippen LogP contribution in [-0.4, -0.2) is 10.9 Å². The van der Waals surface area contributed by atoms with Gasteiger partial charge in [0.25, 0.3) is 0 Å². The van der Waals surface area contributed by atoms with Crippen LogP contribution in [0.1, 0.15) is 11.1 Å². The second-order valence-corrected chi connectivity index (χ2v) is 5.07. The molecule has 2 rings (SSSR count). The number of aryl methyl sites for hydroxylation is 1. The SMILES string of the molecule is Cc1ccc(/C=C/C(=O)Nc2ncc(F)cc2Br)cc1. The molecule has 1 heterocycles. The summed E-state index contributed by atoms with van der Waals surface area (Å²) in [7, 11) is 0. The summed E-state index contributed by atoms with van der Waals surface area (Å²) in [5.74, 6) is -0.514. The minimum atomic E-state index is -0.468. The maximum absolute atomic E-state index is 12.9. The van der Waals surface area contributed by atoms with Crippen molar-refractivity contribution in [3.63, 3.8) is 0 Å². The van der Waals surface area contributed by atoms with Crippen LogP contribution in [0.15, 0.2) is 47.1 Å². The van der Waals surface area contributed by atoms with Crippen molar-refractivity contribution in [1.82, 2.24) is 4.98 Å². The van der Waals surface area contributed by atoms with E-state index in [-0.39, 0.29) is 11.7 Å². The van der Waals surface area contributed by atoms with Crippen molar-refractivity contribution < 1.29 is 9.18 Å². The molecule has 0 bridgehead atoms. The van der Waals surface area contributed by atoms with Gasteiger partial charge in [-0.15, -0.1) is 0 Å². The molecule has 3 nitrogen and oxygen atoms in total. The summed E-state index contributed by atoms with van der Waals surface area (Å²) in [6, 6.07) is 9.02. The zero-order chi connectivity index (χ0) is 14.5. The molecule has 0 fully saturated rings. The molecule has 1 N–H and O–H groups in total. The van der Waals surface area contributed by atoms with E-state index in [1.807, 2.05) is 31.2 Å². The Morgan fingerprint density at radius 2 is 2.05 bits per heavy atom. The molecule has 0 saturated carbocycles. The van der Waals surface area contributed by atoms with Crippen molar-refractivity contribution in [2.24, 2.45) is 0 Å². The van der Waals surface area contributed by atoms with Gasteiger partial charge in [0.1, 0.15) is 11.6 Å². The average Bonchev–Trinajstić information content (AvgIpc) is 2.41. The Balaban J connectivity index is 2.03. The van der Waals surface area contributed by atoms with Crippen molar-refractivity contribution in [2.45, 2.75) is 6.92 Å². The lowest BCUT2D eigenvalue weighted by molar-refractivity contribution is -0.111. The molecule has 2 aromatic rings. The summed E-state index contributed by atoms with van der Waals surface area (Å²) in [6.45, 7) is 2.00. The number of carbonyl (C=O) groups excluding carboxylic acids is 1. The molecule has 1 amide bonds. The van der Waals surface area contributed by atoms with Gasteiger partial charge in [-0.3, -0.25) is 4.79 Å². The minimum absolute atomic E-state index is 0.282. The minimum Gasteiger partial charge on any atom is -0.306 e. The maximum Gasteiger partial charge on any atom is 0.249 e. The first kappa shape index (κ1) is 14.4. The van der Waals surface area contributed by atoms with Crippen LogP contribution >= 0.6 is 15.9 Å².